The minimum absolute atomic E-state index is 0.0412. The highest BCUT2D eigenvalue weighted by atomic mass is 19.4. The van der Waals surface area contributed by atoms with Gasteiger partial charge in [-0.25, -0.2) is 9.48 Å². The summed E-state index contributed by atoms with van der Waals surface area (Å²) in [6.07, 6.45) is -0.797. The Bertz CT molecular complexity index is 1160. The number of rotatable bonds is 3. The maximum absolute atomic E-state index is 13.7. The van der Waals surface area contributed by atoms with Gasteiger partial charge in [-0.3, -0.25) is 4.40 Å². The normalized spacial score (nSPS) is 12.0. The topological polar surface area (TPSA) is 74.3 Å². The van der Waals surface area contributed by atoms with Crippen LogP contribution in [0.1, 0.15) is 23.0 Å². The fourth-order valence-electron chi connectivity index (χ4n) is 2.97. The fourth-order valence-corrected chi connectivity index (χ4v) is 2.97. The van der Waals surface area contributed by atoms with Gasteiger partial charge in [-0.1, -0.05) is 12.1 Å². The van der Waals surface area contributed by atoms with Crippen molar-refractivity contribution in [3.8, 4) is 5.69 Å². The number of carbonyl (C=O) groups excluding carboxylic acids is 1. The smallest absolute Gasteiger partial charge is 0.434 e. The van der Waals surface area contributed by atoms with E-state index in [0.29, 0.717) is 21.1 Å². The molecule has 0 saturated heterocycles. The second-order valence-electron chi connectivity index (χ2n) is 5.65. The van der Waals surface area contributed by atoms with Crippen LogP contribution < -0.4 is 0 Å². The van der Waals surface area contributed by atoms with E-state index in [9.17, 15) is 18.0 Å². The van der Waals surface area contributed by atoms with Crippen molar-refractivity contribution >= 4 is 22.4 Å². The first-order valence-corrected chi connectivity index (χ1v) is 7.95. The summed E-state index contributed by atoms with van der Waals surface area (Å²) in [5.74, 6) is -1.07. The van der Waals surface area contributed by atoms with Crippen molar-refractivity contribution in [1.82, 2.24) is 24.4 Å². The minimum atomic E-state index is -4.81. The highest BCUT2D eigenvalue weighted by Crippen LogP contribution is 2.35. The van der Waals surface area contributed by atoms with Gasteiger partial charge in [0, 0.05) is 17.0 Å². The van der Waals surface area contributed by atoms with Crippen molar-refractivity contribution in [2.75, 3.05) is 6.61 Å². The van der Waals surface area contributed by atoms with Gasteiger partial charge in [0.15, 0.2) is 11.3 Å². The summed E-state index contributed by atoms with van der Waals surface area (Å²) in [6, 6.07) is 6.46. The Labute approximate surface area is 150 Å². The van der Waals surface area contributed by atoms with Crippen LogP contribution in [-0.4, -0.2) is 37.0 Å². The molecular formula is C17H12F3N5O2. The molecule has 0 spiro atoms. The number of alkyl halides is 3. The molecule has 0 radical (unpaired) electrons. The molecule has 0 unspecified atom stereocenters. The Morgan fingerprint density at radius 1 is 1.22 bits per heavy atom. The minimum Gasteiger partial charge on any atom is -0.462 e. The van der Waals surface area contributed by atoms with Gasteiger partial charge in [0.1, 0.15) is 11.9 Å². The van der Waals surface area contributed by atoms with E-state index in [1.54, 1.807) is 28.8 Å². The van der Waals surface area contributed by atoms with Crippen LogP contribution in [0, 0.1) is 0 Å². The highest BCUT2D eigenvalue weighted by Gasteiger charge is 2.41. The lowest BCUT2D eigenvalue weighted by Gasteiger charge is -2.14. The molecule has 4 rings (SSSR count). The monoisotopic (exact) mass is 375 g/mol. The second kappa shape index (κ2) is 6.08. The van der Waals surface area contributed by atoms with E-state index in [2.05, 4.69) is 15.3 Å². The van der Waals surface area contributed by atoms with Crippen molar-refractivity contribution in [2.24, 2.45) is 0 Å². The van der Waals surface area contributed by atoms with Crippen molar-refractivity contribution in [1.29, 1.82) is 0 Å². The maximum atomic E-state index is 13.7. The van der Waals surface area contributed by atoms with Gasteiger partial charge in [0.05, 0.1) is 18.5 Å². The van der Waals surface area contributed by atoms with E-state index in [1.165, 1.54) is 19.3 Å². The molecule has 0 amide bonds. The Balaban J connectivity index is 2.00. The van der Waals surface area contributed by atoms with E-state index in [1.807, 2.05) is 0 Å². The quantitative estimate of drug-likeness (QED) is 0.514. The maximum Gasteiger partial charge on any atom is 0.434 e. The summed E-state index contributed by atoms with van der Waals surface area (Å²) < 4.78 is 48.3. The molecule has 0 bridgehead atoms. The first kappa shape index (κ1) is 17.0. The SMILES string of the molecule is CCOC(=O)c1cnn(-c2cccc3c2ccn2cnnc32)c1C(F)(F)F. The number of benzene rings is 1. The van der Waals surface area contributed by atoms with Crippen LogP contribution in [0.5, 0.6) is 0 Å². The molecule has 4 aromatic rings. The number of pyridine rings is 1. The molecule has 0 aliphatic heterocycles. The van der Waals surface area contributed by atoms with Crippen LogP contribution >= 0.6 is 0 Å². The molecule has 0 fully saturated rings. The number of nitrogens with zero attached hydrogens (tertiary/aromatic N) is 5. The number of aromatic nitrogens is 5. The standard InChI is InChI=1S/C17H12F3N5O2/c1-2-27-16(26)12-8-22-25(14(12)17(18,19)20)13-5-3-4-11-10(13)6-7-24-9-21-23-15(11)24/h3-9H,2H2,1H3. The van der Waals surface area contributed by atoms with Crippen molar-refractivity contribution in [2.45, 2.75) is 13.1 Å². The third-order valence-electron chi connectivity index (χ3n) is 4.06. The first-order valence-electron chi connectivity index (χ1n) is 7.95. The molecule has 3 heterocycles. The van der Waals surface area contributed by atoms with E-state index in [0.717, 1.165) is 6.20 Å². The Morgan fingerprint density at radius 2 is 2.04 bits per heavy atom. The largest absolute Gasteiger partial charge is 0.462 e. The van der Waals surface area contributed by atoms with Gasteiger partial charge in [-0.2, -0.15) is 18.3 Å². The molecule has 0 atom stereocenters. The second-order valence-corrected chi connectivity index (χ2v) is 5.65. The summed E-state index contributed by atoms with van der Waals surface area (Å²) in [5.41, 5.74) is -1.15. The van der Waals surface area contributed by atoms with Gasteiger partial charge in [0.25, 0.3) is 0 Å². The van der Waals surface area contributed by atoms with Crippen LogP contribution in [0.2, 0.25) is 0 Å². The first-order chi connectivity index (χ1) is 12.9. The predicted octanol–water partition coefficient (Wildman–Crippen LogP) is 3.26. The summed E-state index contributed by atoms with van der Waals surface area (Å²) >= 11 is 0. The average molecular weight is 375 g/mol. The van der Waals surface area contributed by atoms with Crippen molar-refractivity contribution in [3.63, 3.8) is 0 Å². The van der Waals surface area contributed by atoms with E-state index >= 15 is 0 Å². The van der Waals surface area contributed by atoms with Crippen molar-refractivity contribution < 1.29 is 22.7 Å². The number of fused-ring (bicyclic) bond motifs is 3. The molecule has 0 N–H and O–H groups in total. The summed E-state index contributed by atoms with van der Waals surface area (Å²) in [6.45, 7) is 1.48. The molecule has 0 saturated carbocycles. The number of hydrogen-bond acceptors (Lipinski definition) is 5. The lowest BCUT2D eigenvalue weighted by atomic mass is 10.1. The third-order valence-corrected chi connectivity index (χ3v) is 4.06. The lowest BCUT2D eigenvalue weighted by Crippen LogP contribution is -2.18. The average Bonchev–Trinajstić information content (AvgIpc) is 3.28. The van der Waals surface area contributed by atoms with Crippen molar-refractivity contribution in [3.05, 3.63) is 54.2 Å². The summed E-state index contributed by atoms with van der Waals surface area (Å²) in [7, 11) is 0. The molecule has 3 aromatic heterocycles. The Hall–Kier alpha value is -3.43. The van der Waals surface area contributed by atoms with Gasteiger partial charge < -0.3 is 4.74 Å². The summed E-state index contributed by atoms with van der Waals surface area (Å²) in [4.78, 5) is 12.0. The molecule has 1 aromatic carbocycles. The molecule has 0 aliphatic rings. The molecule has 7 nitrogen and oxygen atoms in total. The zero-order valence-corrected chi connectivity index (χ0v) is 13.9. The van der Waals surface area contributed by atoms with Crippen LogP contribution in [0.4, 0.5) is 13.2 Å². The number of esters is 1. The number of carbonyl (C=O) groups is 1. The Morgan fingerprint density at radius 3 is 2.78 bits per heavy atom. The lowest BCUT2D eigenvalue weighted by molar-refractivity contribution is -0.143. The van der Waals surface area contributed by atoms with Crippen LogP contribution in [0.3, 0.4) is 0 Å². The van der Waals surface area contributed by atoms with Gasteiger partial charge >= 0.3 is 12.1 Å². The predicted molar refractivity (Wildman–Crippen MR) is 88.6 cm³/mol. The number of halogens is 3. The summed E-state index contributed by atoms with van der Waals surface area (Å²) in [5, 5.41) is 12.7. The number of ether oxygens (including phenoxy) is 1. The molecule has 138 valence electrons. The molecule has 10 heteroatoms. The van der Waals surface area contributed by atoms with Gasteiger partial charge in [-0.15, -0.1) is 10.2 Å². The van der Waals surface area contributed by atoms with E-state index in [4.69, 9.17) is 4.74 Å². The van der Waals surface area contributed by atoms with E-state index in [-0.39, 0.29) is 12.3 Å². The third kappa shape index (κ3) is 2.69. The van der Waals surface area contributed by atoms with Gasteiger partial charge in [-0.05, 0) is 19.1 Å². The zero-order chi connectivity index (χ0) is 19.2. The molecular weight excluding hydrogens is 363 g/mol. The van der Waals surface area contributed by atoms with Gasteiger partial charge in [0.2, 0.25) is 0 Å². The zero-order valence-electron chi connectivity index (χ0n) is 13.9. The van der Waals surface area contributed by atoms with E-state index < -0.39 is 23.4 Å². The highest BCUT2D eigenvalue weighted by molar-refractivity contribution is 5.99. The fraction of sp³-hybridized carbons (Fsp3) is 0.176. The van der Waals surface area contributed by atoms with Crippen LogP contribution in [0.15, 0.2) is 43.0 Å². The Kier molecular flexibility index (Phi) is 3.83. The molecule has 0 aliphatic carbocycles. The number of hydrogen-bond donors (Lipinski definition) is 0. The van der Waals surface area contributed by atoms with Crippen LogP contribution in [-0.2, 0) is 10.9 Å². The van der Waals surface area contributed by atoms with Crippen LogP contribution in [0.25, 0.3) is 22.1 Å². The molecule has 27 heavy (non-hydrogen) atoms.